The van der Waals surface area contributed by atoms with Gasteiger partial charge in [0.15, 0.2) is 5.78 Å². The van der Waals surface area contributed by atoms with Crippen molar-refractivity contribution in [2.45, 2.75) is 64.7 Å². The molecule has 0 fully saturated rings. The summed E-state index contributed by atoms with van der Waals surface area (Å²) in [6.45, 7) is 2.24. The van der Waals surface area contributed by atoms with Crippen molar-refractivity contribution in [3.05, 3.63) is 11.6 Å². The normalized spacial score (nSPS) is 16.9. The quantitative estimate of drug-likeness (QED) is 0.583. The van der Waals surface area contributed by atoms with Gasteiger partial charge in [-0.2, -0.15) is 0 Å². The lowest BCUT2D eigenvalue weighted by molar-refractivity contribution is -0.115. The molecule has 80 valence electrons. The Morgan fingerprint density at radius 1 is 1.14 bits per heavy atom. The van der Waals surface area contributed by atoms with Crippen LogP contribution >= 0.6 is 0 Å². The van der Waals surface area contributed by atoms with E-state index in [1.807, 2.05) is 6.08 Å². The van der Waals surface area contributed by atoms with Crippen molar-refractivity contribution < 1.29 is 4.79 Å². The summed E-state index contributed by atoms with van der Waals surface area (Å²) in [4.78, 5) is 11.1. The third kappa shape index (κ3) is 4.59. The number of hydrogen-bond donors (Lipinski definition) is 0. The number of rotatable bonds is 6. The van der Waals surface area contributed by atoms with Crippen molar-refractivity contribution in [1.29, 1.82) is 0 Å². The molecule has 0 saturated carbocycles. The first kappa shape index (κ1) is 11.5. The molecule has 0 saturated heterocycles. The second-order valence-electron chi connectivity index (χ2n) is 4.29. The van der Waals surface area contributed by atoms with Crippen LogP contribution in [0.5, 0.6) is 0 Å². The molecule has 0 aliphatic heterocycles. The Hall–Kier alpha value is -0.590. The Morgan fingerprint density at radius 2 is 1.93 bits per heavy atom. The van der Waals surface area contributed by atoms with Gasteiger partial charge in [0.05, 0.1) is 0 Å². The first-order valence-electron chi connectivity index (χ1n) is 6.05. The summed E-state index contributed by atoms with van der Waals surface area (Å²) in [5.41, 5.74) is 1.40. The molecule has 0 radical (unpaired) electrons. The molecule has 14 heavy (non-hydrogen) atoms. The van der Waals surface area contributed by atoms with E-state index in [0.717, 1.165) is 19.3 Å². The third-order valence-electron chi connectivity index (χ3n) is 2.89. The maximum absolute atomic E-state index is 11.1. The number of carbonyl (C=O) groups is 1. The van der Waals surface area contributed by atoms with E-state index in [2.05, 4.69) is 6.92 Å². The Bertz CT molecular complexity index is 203. The van der Waals surface area contributed by atoms with Crippen molar-refractivity contribution in [1.82, 2.24) is 0 Å². The average Bonchev–Trinajstić information content (AvgIpc) is 2.18. The highest BCUT2D eigenvalue weighted by Crippen LogP contribution is 2.20. The van der Waals surface area contributed by atoms with Crippen LogP contribution in [-0.4, -0.2) is 5.78 Å². The number of carbonyl (C=O) groups excluding carboxylic acids is 1. The van der Waals surface area contributed by atoms with Gasteiger partial charge in [-0.25, -0.2) is 0 Å². The molecule has 0 bridgehead atoms. The molecular weight excluding hydrogens is 172 g/mol. The Kier molecular flexibility index (Phi) is 5.58. The van der Waals surface area contributed by atoms with Gasteiger partial charge in [-0.1, -0.05) is 38.2 Å². The monoisotopic (exact) mass is 194 g/mol. The van der Waals surface area contributed by atoms with Crippen molar-refractivity contribution in [3.63, 3.8) is 0 Å². The van der Waals surface area contributed by atoms with E-state index in [0.29, 0.717) is 5.78 Å². The van der Waals surface area contributed by atoms with E-state index in [4.69, 9.17) is 0 Å². The van der Waals surface area contributed by atoms with Gasteiger partial charge in [0.25, 0.3) is 0 Å². The maximum atomic E-state index is 11.1. The Balaban J connectivity index is 2.08. The molecule has 1 heteroatoms. The smallest absolute Gasteiger partial charge is 0.155 e. The summed E-state index contributed by atoms with van der Waals surface area (Å²) in [6.07, 6.45) is 12.7. The van der Waals surface area contributed by atoms with Crippen LogP contribution in [0.4, 0.5) is 0 Å². The SMILES string of the molecule is CCCCCCCC1=CC(=O)CCC1. The molecule has 1 aliphatic rings. The molecule has 1 rings (SSSR count). The first-order chi connectivity index (χ1) is 6.83. The lowest BCUT2D eigenvalue weighted by Gasteiger charge is -2.11. The summed E-state index contributed by atoms with van der Waals surface area (Å²) in [5.74, 6) is 0.347. The highest BCUT2D eigenvalue weighted by atomic mass is 16.1. The van der Waals surface area contributed by atoms with Crippen LogP contribution in [-0.2, 0) is 4.79 Å². The highest BCUT2D eigenvalue weighted by Gasteiger charge is 2.08. The summed E-state index contributed by atoms with van der Waals surface area (Å²) in [5, 5.41) is 0. The summed E-state index contributed by atoms with van der Waals surface area (Å²) in [6, 6.07) is 0. The predicted molar refractivity (Wildman–Crippen MR) is 60.3 cm³/mol. The van der Waals surface area contributed by atoms with Crippen LogP contribution in [0.1, 0.15) is 64.7 Å². The molecule has 0 spiro atoms. The van der Waals surface area contributed by atoms with E-state index >= 15 is 0 Å². The van der Waals surface area contributed by atoms with Crippen LogP contribution in [0, 0.1) is 0 Å². The zero-order valence-electron chi connectivity index (χ0n) is 9.35. The van der Waals surface area contributed by atoms with Crippen molar-refractivity contribution in [2.24, 2.45) is 0 Å². The standard InChI is InChI=1S/C13H22O/c1-2-3-4-5-6-8-12-9-7-10-13(14)11-12/h11H,2-10H2,1H3. The number of allylic oxidation sites excluding steroid dienone is 2. The van der Waals surface area contributed by atoms with Gasteiger partial charge in [-0.05, 0) is 31.8 Å². The Morgan fingerprint density at radius 3 is 2.64 bits per heavy atom. The van der Waals surface area contributed by atoms with Gasteiger partial charge in [-0.3, -0.25) is 4.79 Å². The van der Waals surface area contributed by atoms with Crippen molar-refractivity contribution in [3.8, 4) is 0 Å². The average molecular weight is 194 g/mol. The lowest BCUT2D eigenvalue weighted by atomic mass is 9.94. The van der Waals surface area contributed by atoms with E-state index in [-0.39, 0.29) is 0 Å². The molecule has 0 heterocycles. The largest absolute Gasteiger partial charge is 0.295 e. The van der Waals surface area contributed by atoms with Crippen LogP contribution in [0.15, 0.2) is 11.6 Å². The Labute approximate surface area is 87.6 Å². The molecule has 1 nitrogen and oxygen atoms in total. The molecule has 0 aromatic heterocycles. The molecule has 0 amide bonds. The summed E-state index contributed by atoms with van der Waals surface area (Å²) < 4.78 is 0. The van der Waals surface area contributed by atoms with Gasteiger partial charge >= 0.3 is 0 Å². The van der Waals surface area contributed by atoms with E-state index in [1.165, 1.54) is 44.1 Å². The van der Waals surface area contributed by atoms with Crippen molar-refractivity contribution >= 4 is 5.78 Å². The van der Waals surface area contributed by atoms with Crippen LogP contribution in [0.2, 0.25) is 0 Å². The lowest BCUT2D eigenvalue weighted by Crippen LogP contribution is -2.02. The van der Waals surface area contributed by atoms with Crippen LogP contribution in [0.3, 0.4) is 0 Å². The molecule has 1 aliphatic carbocycles. The van der Waals surface area contributed by atoms with E-state index < -0.39 is 0 Å². The molecule has 0 atom stereocenters. The predicted octanol–water partition coefficient (Wildman–Crippen LogP) is 4.03. The molecule has 0 N–H and O–H groups in total. The zero-order valence-corrected chi connectivity index (χ0v) is 9.35. The van der Waals surface area contributed by atoms with Crippen LogP contribution in [0.25, 0.3) is 0 Å². The number of ketones is 1. The highest BCUT2D eigenvalue weighted by molar-refractivity contribution is 5.91. The van der Waals surface area contributed by atoms with Crippen molar-refractivity contribution in [2.75, 3.05) is 0 Å². The minimum atomic E-state index is 0.347. The fraction of sp³-hybridized carbons (Fsp3) is 0.769. The second-order valence-corrected chi connectivity index (χ2v) is 4.29. The molecule has 0 unspecified atom stereocenters. The summed E-state index contributed by atoms with van der Waals surface area (Å²) in [7, 11) is 0. The van der Waals surface area contributed by atoms with Gasteiger partial charge in [-0.15, -0.1) is 0 Å². The first-order valence-corrected chi connectivity index (χ1v) is 6.05. The van der Waals surface area contributed by atoms with E-state index in [9.17, 15) is 4.79 Å². The van der Waals surface area contributed by atoms with Gasteiger partial charge in [0, 0.05) is 6.42 Å². The minimum absolute atomic E-state index is 0.347. The minimum Gasteiger partial charge on any atom is -0.295 e. The maximum Gasteiger partial charge on any atom is 0.155 e. The molecular formula is C13H22O. The van der Waals surface area contributed by atoms with Gasteiger partial charge in [0.2, 0.25) is 0 Å². The molecule has 0 aromatic carbocycles. The fourth-order valence-corrected chi connectivity index (χ4v) is 2.01. The van der Waals surface area contributed by atoms with Crippen LogP contribution < -0.4 is 0 Å². The van der Waals surface area contributed by atoms with E-state index in [1.54, 1.807) is 0 Å². The van der Waals surface area contributed by atoms with Gasteiger partial charge < -0.3 is 0 Å². The second kappa shape index (κ2) is 6.80. The topological polar surface area (TPSA) is 17.1 Å². The van der Waals surface area contributed by atoms with Gasteiger partial charge in [0.1, 0.15) is 0 Å². The zero-order chi connectivity index (χ0) is 10.2. The summed E-state index contributed by atoms with van der Waals surface area (Å²) >= 11 is 0. The number of hydrogen-bond acceptors (Lipinski definition) is 1. The molecule has 0 aromatic rings. The number of unbranched alkanes of at least 4 members (excludes halogenated alkanes) is 4. The fourth-order valence-electron chi connectivity index (χ4n) is 2.01. The third-order valence-corrected chi connectivity index (χ3v) is 2.89.